The number of carbonyl (C=O) groups excluding carboxylic acids is 1. The van der Waals surface area contributed by atoms with Crippen LogP contribution in [0.1, 0.15) is 78.4 Å². The van der Waals surface area contributed by atoms with E-state index in [4.69, 9.17) is 0 Å². The molecule has 5 rings (SSSR count). The van der Waals surface area contributed by atoms with Crippen LogP contribution in [0.4, 0.5) is 13.2 Å². The van der Waals surface area contributed by atoms with Gasteiger partial charge in [0.2, 0.25) is 0 Å². The second-order valence-electron chi connectivity index (χ2n) is 12.5. The third kappa shape index (κ3) is 7.49. The van der Waals surface area contributed by atoms with Crippen molar-refractivity contribution >= 4 is 49.0 Å². The molecule has 0 aliphatic heterocycles. The smallest absolute Gasteiger partial charge is 0.394 e. The number of aromatic nitrogens is 2. The van der Waals surface area contributed by atoms with Crippen LogP contribution in [0.15, 0.2) is 54.4 Å². The number of aryl methyl sites for hydroxylation is 1. The van der Waals surface area contributed by atoms with Crippen molar-refractivity contribution in [2.24, 2.45) is 17.3 Å². The molecule has 0 bridgehead atoms. The molecule has 1 aromatic heterocycles. The molecule has 0 aliphatic rings. The minimum atomic E-state index is -4.28. The van der Waals surface area contributed by atoms with Gasteiger partial charge in [-0.2, -0.15) is 18.3 Å². The fourth-order valence-corrected chi connectivity index (χ4v) is 6.07. The first-order valence-corrected chi connectivity index (χ1v) is 15.5. The van der Waals surface area contributed by atoms with Crippen LogP contribution in [-0.4, -0.2) is 27.3 Å². The van der Waals surface area contributed by atoms with Crippen LogP contribution < -0.4 is 0 Å². The molecule has 0 unspecified atom stereocenters. The van der Waals surface area contributed by atoms with E-state index in [1.165, 1.54) is 19.9 Å². The van der Waals surface area contributed by atoms with Gasteiger partial charge in [0.05, 0.1) is 17.4 Å². The number of hydrogen-bond donors (Lipinski definition) is 1. The van der Waals surface area contributed by atoms with Crippen LogP contribution in [0.2, 0.25) is 0 Å². The molecule has 4 aromatic carbocycles. The Bertz CT molecular complexity index is 1810. The van der Waals surface area contributed by atoms with Crippen molar-refractivity contribution in [1.82, 2.24) is 10.2 Å². The van der Waals surface area contributed by atoms with Crippen LogP contribution in [0, 0.1) is 30.2 Å². The van der Waals surface area contributed by atoms with Gasteiger partial charge >= 0.3 is 6.18 Å². The Kier molecular flexibility index (Phi) is 11.8. The van der Waals surface area contributed by atoms with Crippen LogP contribution in [0.25, 0.3) is 43.2 Å². The van der Waals surface area contributed by atoms with Crippen molar-refractivity contribution in [3.63, 3.8) is 0 Å². The van der Waals surface area contributed by atoms with Crippen molar-refractivity contribution in [1.29, 1.82) is 0 Å². The van der Waals surface area contributed by atoms with Crippen molar-refractivity contribution < 1.29 is 43.2 Å². The number of allylic oxidation sites excluding steroid dienone is 2. The molecule has 0 spiro atoms. The average molecular weight is 796 g/mol. The molecule has 45 heavy (non-hydrogen) atoms. The largest absolute Gasteiger partial charge is 0.512 e. The zero-order valence-corrected chi connectivity index (χ0v) is 29.4. The number of ketones is 1. The summed E-state index contributed by atoms with van der Waals surface area (Å²) in [5.41, 5.74) is 0.576. The Hall–Kier alpha value is -3.09. The number of nitrogens with zero attached hydrogens (tertiary/aromatic N) is 2. The normalized spacial score (nSPS) is 12.8. The van der Waals surface area contributed by atoms with Gasteiger partial charge in [0, 0.05) is 43.5 Å². The summed E-state index contributed by atoms with van der Waals surface area (Å²) in [7, 11) is 0. The molecule has 0 fully saturated rings. The Balaban J connectivity index is 0.000000297. The molecule has 243 valence electrons. The number of fused-ring (bicyclic) bond motifs is 2. The summed E-state index contributed by atoms with van der Waals surface area (Å²) in [6, 6.07) is 15.2. The molecule has 1 N–H and O–H groups in total. The maximum Gasteiger partial charge on any atom is 0.394 e. The summed E-state index contributed by atoms with van der Waals surface area (Å²) in [5.74, 6) is 0.547. The van der Waals surface area contributed by atoms with Gasteiger partial charge in [-0.05, 0) is 53.8 Å². The first kappa shape index (κ1) is 36.4. The Morgan fingerprint density at radius 1 is 0.933 bits per heavy atom. The van der Waals surface area contributed by atoms with Gasteiger partial charge in [-0.1, -0.05) is 89.6 Å². The van der Waals surface area contributed by atoms with Gasteiger partial charge in [0.25, 0.3) is 0 Å². The summed E-state index contributed by atoms with van der Waals surface area (Å²) < 4.78 is 40.5. The van der Waals surface area contributed by atoms with Crippen molar-refractivity contribution in [3.8, 4) is 0 Å². The van der Waals surface area contributed by atoms with E-state index in [1.54, 1.807) is 6.20 Å². The predicted octanol–water partition coefficient (Wildman–Crippen LogP) is 10.6. The van der Waals surface area contributed by atoms with E-state index in [9.17, 15) is 23.1 Å². The molecule has 1 heterocycles. The fourth-order valence-electron chi connectivity index (χ4n) is 6.07. The fraction of sp³-hybridized carbons (Fsp3) is 0.432. The van der Waals surface area contributed by atoms with Crippen LogP contribution in [0.5, 0.6) is 0 Å². The van der Waals surface area contributed by atoms with Crippen molar-refractivity contribution in [2.75, 3.05) is 0 Å². The van der Waals surface area contributed by atoms with Crippen molar-refractivity contribution in [3.05, 3.63) is 71.6 Å². The number of alkyl halides is 3. The van der Waals surface area contributed by atoms with Gasteiger partial charge in [-0.15, -0.1) is 28.5 Å². The van der Waals surface area contributed by atoms with E-state index >= 15 is 0 Å². The molecule has 0 saturated carbocycles. The van der Waals surface area contributed by atoms with Crippen LogP contribution >= 0.6 is 0 Å². The van der Waals surface area contributed by atoms with E-state index < -0.39 is 11.6 Å². The Labute approximate surface area is 277 Å². The summed E-state index contributed by atoms with van der Waals surface area (Å²) in [5, 5.41) is 24.9. The third-order valence-corrected chi connectivity index (χ3v) is 8.88. The average Bonchev–Trinajstić information content (AvgIpc) is 2.96. The number of rotatable bonds is 9. The molecular formula is C37H42F3IrN2O2-. The second-order valence-corrected chi connectivity index (χ2v) is 12.5. The number of aliphatic hydroxyl groups is 1. The summed E-state index contributed by atoms with van der Waals surface area (Å²) in [4.78, 5) is 11.7. The molecule has 8 heteroatoms. The first-order valence-electron chi connectivity index (χ1n) is 15.5. The van der Waals surface area contributed by atoms with E-state index in [1.807, 2.05) is 65.0 Å². The number of benzene rings is 4. The predicted molar refractivity (Wildman–Crippen MR) is 174 cm³/mol. The molecule has 1 radical (unpaired) electrons. The summed E-state index contributed by atoms with van der Waals surface area (Å²) in [6.45, 7) is 12.6. The van der Waals surface area contributed by atoms with Crippen LogP contribution in [0.3, 0.4) is 0 Å². The number of carbonyl (C=O) groups is 1. The zero-order chi connectivity index (χ0) is 32.4. The number of hydrogen-bond acceptors (Lipinski definition) is 4. The van der Waals surface area contributed by atoms with Gasteiger partial charge < -0.3 is 5.11 Å². The summed E-state index contributed by atoms with van der Waals surface area (Å²) >= 11 is 0. The SMILES string of the molecule is CCC(CC)C(=O)/C=C(\O)C(CC)CC.Cc1[c-]c2c3nncc4cc(CC(C)(C)C(F)(F)F)cc(c5cccc(c1)c25)c43.[Ir]. The molecule has 0 amide bonds. The van der Waals surface area contributed by atoms with Crippen LogP contribution in [-0.2, 0) is 31.3 Å². The number of aliphatic hydroxyl groups excluding tert-OH is 1. The van der Waals surface area contributed by atoms with Gasteiger partial charge in [0.15, 0.2) is 5.78 Å². The molecule has 0 aliphatic carbocycles. The Morgan fingerprint density at radius 3 is 2.18 bits per heavy atom. The molecule has 0 saturated heterocycles. The van der Waals surface area contributed by atoms with Gasteiger partial charge in [-0.25, -0.2) is 5.10 Å². The monoisotopic (exact) mass is 796 g/mol. The maximum absolute atomic E-state index is 13.5. The Morgan fingerprint density at radius 2 is 1.58 bits per heavy atom. The van der Waals surface area contributed by atoms with E-state index in [0.717, 1.165) is 74.5 Å². The molecule has 4 nitrogen and oxygen atoms in total. The van der Waals surface area contributed by atoms with Gasteiger partial charge in [0.1, 0.15) is 0 Å². The maximum atomic E-state index is 13.5. The number of halogens is 3. The van der Waals surface area contributed by atoms with E-state index in [2.05, 4.69) is 22.3 Å². The molecule has 0 atom stereocenters. The van der Waals surface area contributed by atoms with E-state index in [-0.39, 0.29) is 49.9 Å². The minimum absolute atomic E-state index is 0. The summed E-state index contributed by atoms with van der Waals surface area (Å²) in [6.07, 6.45) is 2.16. The van der Waals surface area contributed by atoms with Crippen molar-refractivity contribution in [2.45, 2.75) is 86.7 Å². The third-order valence-electron chi connectivity index (χ3n) is 8.88. The first-order chi connectivity index (χ1) is 20.8. The topological polar surface area (TPSA) is 63.1 Å². The molecular weight excluding hydrogens is 754 g/mol. The van der Waals surface area contributed by atoms with E-state index in [0.29, 0.717) is 5.56 Å². The second kappa shape index (κ2) is 14.6. The molecule has 5 aromatic rings. The quantitative estimate of drug-likeness (QED) is 0.0531. The zero-order valence-electron chi connectivity index (χ0n) is 27.0. The minimum Gasteiger partial charge on any atom is -0.512 e. The standard InChI is InChI=1S/C24H18F3N2.C13H24O2.Ir/c1-13-7-15-5-4-6-17-18-10-14(11-23(2,3)24(25,26)27)9-16-12-28-29-22(21(16)18)19(8-13)20(15)17;1-5-10(6-2)12(14)9-13(15)11(7-3)8-4;/h4-7,9-10,12H,11H2,1-3H3;9-11,14H,5-8H2,1-4H3;/q-1;;/b;12-9-;. The van der Waals surface area contributed by atoms with Gasteiger partial charge in [-0.3, -0.25) is 4.79 Å².